The van der Waals surface area contributed by atoms with Crippen LogP contribution < -0.4 is 10.1 Å². The Bertz CT molecular complexity index is 1210. The van der Waals surface area contributed by atoms with E-state index in [1.165, 1.54) is 0 Å². The molecule has 4 aromatic rings. The van der Waals surface area contributed by atoms with E-state index in [1.807, 2.05) is 66.9 Å². The number of ether oxygens (including phenoxy) is 1. The molecule has 0 aliphatic heterocycles. The Morgan fingerprint density at radius 3 is 2.71 bits per heavy atom. The molecule has 0 aliphatic carbocycles. The zero-order chi connectivity index (χ0) is 21.8. The van der Waals surface area contributed by atoms with Crippen molar-refractivity contribution in [2.45, 2.75) is 27.2 Å². The Labute approximate surface area is 181 Å². The summed E-state index contributed by atoms with van der Waals surface area (Å²) in [6, 6.07) is 19.3. The lowest BCUT2D eigenvalue weighted by molar-refractivity contribution is 0.101. The predicted molar refractivity (Wildman–Crippen MR) is 123 cm³/mol. The van der Waals surface area contributed by atoms with Crippen LogP contribution in [0.1, 0.15) is 37.6 Å². The van der Waals surface area contributed by atoms with Gasteiger partial charge in [0.2, 0.25) is 5.95 Å². The number of rotatable bonds is 8. The highest BCUT2D eigenvalue weighted by atomic mass is 16.5. The number of carbonyl (C=O) groups is 1. The highest BCUT2D eigenvalue weighted by Gasteiger charge is 2.10. The van der Waals surface area contributed by atoms with Crippen molar-refractivity contribution in [3.05, 3.63) is 72.4 Å². The normalized spacial score (nSPS) is 11.1. The number of nitrogens with zero attached hydrogens (tertiary/aromatic N) is 3. The maximum atomic E-state index is 11.7. The summed E-state index contributed by atoms with van der Waals surface area (Å²) in [5.74, 6) is 1.91. The number of hydrogen-bond acceptors (Lipinski definition) is 5. The van der Waals surface area contributed by atoms with Gasteiger partial charge < -0.3 is 10.1 Å². The lowest BCUT2D eigenvalue weighted by Gasteiger charge is -2.12. The SMILES string of the molecule is CC(=O)c1cccc(-c2ccc3nc(Nc4ccccc4OCCC(C)C)nn3c2)c1. The number of carbonyl (C=O) groups excluding carboxylic acids is 1. The molecular formula is C25H26N4O2. The number of nitrogens with one attached hydrogen (secondary N) is 1. The van der Waals surface area contributed by atoms with Gasteiger partial charge in [0, 0.05) is 17.3 Å². The van der Waals surface area contributed by atoms with Crippen LogP contribution in [-0.4, -0.2) is 27.0 Å². The van der Waals surface area contributed by atoms with Crippen LogP contribution in [0.4, 0.5) is 11.6 Å². The smallest absolute Gasteiger partial charge is 0.247 e. The maximum Gasteiger partial charge on any atom is 0.247 e. The van der Waals surface area contributed by atoms with Gasteiger partial charge in [0.1, 0.15) is 5.75 Å². The average Bonchev–Trinajstić information content (AvgIpc) is 3.16. The van der Waals surface area contributed by atoms with Crippen LogP contribution in [0.25, 0.3) is 16.8 Å². The van der Waals surface area contributed by atoms with Crippen LogP contribution >= 0.6 is 0 Å². The molecule has 2 aromatic carbocycles. The van der Waals surface area contributed by atoms with Crippen molar-refractivity contribution >= 4 is 23.1 Å². The lowest BCUT2D eigenvalue weighted by Crippen LogP contribution is -2.03. The average molecular weight is 415 g/mol. The largest absolute Gasteiger partial charge is 0.491 e. The van der Waals surface area contributed by atoms with Crippen molar-refractivity contribution in [2.75, 3.05) is 11.9 Å². The van der Waals surface area contributed by atoms with E-state index in [0.29, 0.717) is 24.0 Å². The van der Waals surface area contributed by atoms with Crippen molar-refractivity contribution in [1.29, 1.82) is 0 Å². The maximum absolute atomic E-state index is 11.7. The zero-order valence-electron chi connectivity index (χ0n) is 18.0. The van der Waals surface area contributed by atoms with Crippen molar-refractivity contribution < 1.29 is 9.53 Å². The second kappa shape index (κ2) is 9.00. The van der Waals surface area contributed by atoms with Gasteiger partial charge in [-0.15, -0.1) is 5.10 Å². The first-order chi connectivity index (χ1) is 15.0. The van der Waals surface area contributed by atoms with Gasteiger partial charge in [0.05, 0.1) is 12.3 Å². The molecule has 0 saturated carbocycles. The molecule has 2 heterocycles. The number of pyridine rings is 1. The fraction of sp³-hybridized carbons (Fsp3) is 0.240. The van der Waals surface area contributed by atoms with Crippen LogP contribution in [0.5, 0.6) is 5.75 Å². The fourth-order valence-electron chi connectivity index (χ4n) is 3.25. The molecule has 0 fully saturated rings. The Hall–Kier alpha value is -3.67. The number of Topliss-reactive ketones (excluding diaryl/α,β-unsaturated/α-hetero) is 1. The molecule has 0 saturated heterocycles. The summed E-state index contributed by atoms with van der Waals surface area (Å²) >= 11 is 0. The first kappa shape index (κ1) is 20.6. The molecule has 0 unspecified atom stereocenters. The summed E-state index contributed by atoms with van der Waals surface area (Å²) in [5, 5.41) is 7.84. The quantitative estimate of drug-likeness (QED) is 0.371. The fourth-order valence-corrected chi connectivity index (χ4v) is 3.25. The molecular weight excluding hydrogens is 388 g/mol. The molecule has 31 heavy (non-hydrogen) atoms. The summed E-state index contributed by atoms with van der Waals surface area (Å²) in [6.45, 7) is 6.59. The Morgan fingerprint density at radius 2 is 1.90 bits per heavy atom. The molecule has 0 amide bonds. The molecule has 0 bridgehead atoms. The Balaban J connectivity index is 1.57. The van der Waals surface area contributed by atoms with Gasteiger partial charge in [0.25, 0.3) is 0 Å². The van der Waals surface area contributed by atoms with Crippen LogP contribution in [0, 0.1) is 5.92 Å². The molecule has 6 nitrogen and oxygen atoms in total. The summed E-state index contributed by atoms with van der Waals surface area (Å²) in [6.07, 6.45) is 2.91. The van der Waals surface area contributed by atoms with E-state index >= 15 is 0 Å². The van der Waals surface area contributed by atoms with E-state index in [4.69, 9.17) is 4.74 Å². The third-order valence-corrected chi connectivity index (χ3v) is 5.02. The van der Waals surface area contributed by atoms with Gasteiger partial charge in [-0.05, 0) is 55.2 Å². The number of anilines is 2. The van der Waals surface area contributed by atoms with E-state index in [9.17, 15) is 4.79 Å². The number of hydrogen-bond donors (Lipinski definition) is 1. The minimum atomic E-state index is 0.0458. The third kappa shape index (κ3) is 4.91. The molecule has 0 radical (unpaired) electrons. The second-order valence-electron chi connectivity index (χ2n) is 7.95. The van der Waals surface area contributed by atoms with Crippen molar-refractivity contribution in [1.82, 2.24) is 14.6 Å². The predicted octanol–water partition coefficient (Wildman–Crippen LogP) is 5.77. The number of aromatic nitrogens is 3. The van der Waals surface area contributed by atoms with Gasteiger partial charge in [-0.3, -0.25) is 4.79 Å². The van der Waals surface area contributed by atoms with Gasteiger partial charge in [0.15, 0.2) is 11.4 Å². The topological polar surface area (TPSA) is 68.5 Å². The molecule has 0 atom stereocenters. The summed E-state index contributed by atoms with van der Waals surface area (Å²) < 4.78 is 7.69. The van der Waals surface area contributed by atoms with Crippen LogP contribution in [0.15, 0.2) is 66.9 Å². The first-order valence-electron chi connectivity index (χ1n) is 10.5. The van der Waals surface area contributed by atoms with Crippen LogP contribution in [-0.2, 0) is 0 Å². The second-order valence-corrected chi connectivity index (χ2v) is 7.95. The molecule has 0 aliphatic rings. The van der Waals surface area contributed by atoms with E-state index in [0.717, 1.165) is 34.6 Å². The zero-order valence-corrected chi connectivity index (χ0v) is 18.0. The minimum absolute atomic E-state index is 0.0458. The van der Waals surface area contributed by atoms with Gasteiger partial charge in [-0.1, -0.05) is 44.2 Å². The van der Waals surface area contributed by atoms with Gasteiger partial charge in [-0.2, -0.15) is 4.98 Å². The number of fused-ring (bicyclic) bond motifs is 1. The number of ketones is 1. The Kier molecular flexibility index (Phi) is 5.98. The molecule has 4 rings (SSSR count). The standard InChI is InChI=1S/C25H26N4O2/c1-17(2)13-14-31-23-10-5-4-9-22(23)26-25-27-24-12-11-21(16-29(24)28-25)20-8-6-7-19(15-20)18(3)30/h4-12,15-17H,13-14H2,1-3H3,(H,26,28). The van der Waals surface area contributed by atoms with Crippen molar-refractivity contribution in [3.63, 3.8) is 0 Å². The van der Waals surface area contributed by atoms with E-state index in [-0.39, 0.29) is 5.78 Å². The van der Waals surface area contributed by atoms with Gasteiger partial charge >= 0.3 is 0 Å². The molecule has 0 spiro atoms. The molecule has 6 heteroatoms. The number of benzene rings is 2. The van der Waals surface area contributed by atoms with Crippen molar-refractivity contribution in [2.24, 2.45) is 5.92 Å². The highest BCUT2D eigenvalue weighted by Crippen LogP contribution is 2.27. The molecule has 1 N–H and O–H groups in total. The third-order valence-electron chi connectivity index (χ3n) is 5.02. The van der Waals surface area contributed by atoms with Crippen molar-refractivity contribution in [3.8, 4) is 16.9 Å². The first-order valence-corrected chi connectivity index (χ1v) is 10.5. The van der Waals surface area contributed by atoms with E-state index in [2.05, 4.69) is 29.2 Å². The van der Waals surface area contributed by atoms with Crippen LogP contribution in [0.2, 0.25) is 0 Å². The van der Waals surface area contributed by atoms with Crippen LogP contribution in [0.3, 0.4) is 0 Å². The summed E-state index contributed by atoms with van der Waals surface area (Å²) in [7, 11) is 0. The molecule has 158 valence electrons. The Morgan fingerprint density at radius 1 is 1.06 bits per heavy atom. The summed E-state index contributed by atoms with van der Waals surface area (Å²) in [4.78, 5) is 16.3. The van der Waals surface area contributed by atoms with Gasteiger partial charge in [-0.25, -0.2) is 4.52 Å². The lowest BCUT2D eigenvalue weighted by atomic mass is 10.0. The van der Waals surface area contributed by atoms with E-state index in [1.54, 1.807) is 11.4 Å². The monoisotopic (exact) mass is 414 g/mol. The highest BCUT2D eigenvalue weighted by molar-refractivity contribution is 5.95. The van der Waals surface area contributed by atoms with E-state index < -0.39 is 0 Å². The summed E-state index contributed by atoms with van der Waals surface area (Å²) in [5.41, 5.74) is 4.17. The number of para-hydroxylation sites is 2. The molecule has 2 aromatic heterocycles. The minimum Gasteiger partial charge on any atom is -0.491 e.